The summed E-state index contributed by atoms with van der Waals surface area (Å²) in [6.07, 6.45) is 5.95. The van der Waals surface area contributed by atoms with Crippen molar-refractivity contribution in [2.75, 3.05) is 0 Å². The summed E-state index contributed by atoms with van der Waals surface area (Å²) in [5, 5.41) is 14.2. The standard InChI is InChI=1S/C29H36N6O/c1-20(2)27(28-31-32-33-35(28)25-12-8-5-9-13-25)34(18-22-10-6-4-7-11-22)19-24-17-23-16-21(3)14-15-26(23)30-29(24)36/h4,6-7,10-11,14-17,20,25,27H,5,8-9,12-13,18-19H2,1-3H3,(H,30,36)/t27-/m1/s1. The number of H-pyrrole nitrogens is 1. The first-order chi connectivity index (χ1) is 17.5. The normalized spacial score (nSPS) is 15.7. The van der Waals surface area contributed by atoms with Gasteiger partial charge in [0.05, 0.1) is 12.1 Å². The Morgan fingerprint density at radius 2 is 1.81 bits per heavy atom. The van der Waals surface area contributed by atoms with Crippen LogP contribution in [-0.2, 0) is 13.1 Å². The van der Waals surface area contributed by atoms with Crippen LogP contribution in [0.2, 0.25) is 0 Å². The zero-order valence-corrected chi connectivity index (χ0v) is 21.5. The molecule has 2 heterocycles. The first-order valence-electron chi connectivity index (χ1n) is 13.2. The van der Waals surface area contributed by atoms with E-state index in [9.17, 15) is 4.79 Å². The number of tetrazole rings is 1. The summed E-state index contributed by atoms with van der Waals surface area (Å²) >= 11 is 0. The number of rotatable bonds is 8. The molecule has 36 heavy (non-hydrogen) atoms. The number of benzene rings is 2. The fourth-order valence-electron chi connectivity index (χ4n) is 5.64. The summed E-state index contributed by atoms with van der Waals surface area (Å²) < 4.78 is 2.08. The van der Waals surface area contributed by atoms with Crippen LogP contribution in [0.15, 0.2) is 59.4 Å². The minimum atomic E-state index is -0.0428. The van der Waals surface area contributed by atoms with Gasteiger partial charge in [0, 0.05) is 24.2 Å². The van der Waals surface area contributed by atoms with Crippen molar-refractivity contribution in [2.45, 2.75) is 78.0 Å². The smallest absolute Gasteiger partial charge is 0.252 e. The Balaban J connectivity index is 1.55. The van der Waals surface area contributed by atoms with Crippen molar-refractivity contribution in [3.8, 4) is 0 Å². The Labute approximate surface area is 212 Å². The molecule has 1 fully saturated rings. The van der Waals surface area contributed by atoms with E-state index in [1.165, 1.54) is 30.4 Å². The molecule has 1 saturated carbocycles. The van der Waals surface area contributed by atoms with E-state index in [0.717, 1.165) is 35.1 Å². The van der Waals surface area contributed by atoms with Gasteiger partial charge >= 0.3 is 0 Å². The summed E-state index contributed by atoms with van der Waals surface area (Å²) in [6, 6.07) is 18.9. The van der Waals surface area contributed by atoms with Gasteiger partial charge in [-0.05, 0) is 65.3 Å². The summed E-state index contributed by atoms with van der Waals surface area (Å²) in [5.74, 6) is 1.16. The molecule has 1 aliphatic carbocycles. The maximum absolute atomic E-state index is 13.2. The summed E-state index contributed by atoms with van der Waals surface area (Å²) in [5.41, 5.74) is 3.96. The van der Waals surface area contributed by atoms with Crippen molar-refractivity contribution in [3.63, 3.8) is 0 Å². The number of fused-ring (bicyclic) bond motifs is 1. The molecule has 7 heteroatoms. The lowest BCUT2D eigenvalue weighted by Crippen LogP contribution is -2.36. The number of aromatic nitrogens is 5. The minimum Gasteiger partial charge on any atom is -0.322 e. The topological polar surface area (TPSA) is 79.7 Å². The van der Waals surface area contributed by atoms with Crippen molar-refractivity contribution >= 4 is 10.9 Å². The Bertz CT molecular complexity index is 1350. The van der Waals surface area contributed by atoms with Crippen LogP contribution in [0.1, 0.15) is 80.6 Å². The van der Waals surface area contributed by atoms with Crippen molar-refractivity contribution in [1.29, 1.82) is 0 Å². The molecule has 2 aromatic carbocycles. The second-order valence-corrected chi connectivity index (χ2v) is 10.6. The van der Waals surface area contributed by atoms with Gasteiger partial charge in [-0.15, -0.1) is 5.10 Å². The molecular formula is C29H36N6O. The van der Waals surface area contributed by atoms with Crippen molar-refractivity contribution in [2.24, 2.45) is 5.92 Å². The zero-order chi connectivity index (χ0) is 25.1. The Hall–Kier alpha value is -3.32. The quantitative estimate of drug-likeness (QED) is 0.346. The van der Waals surface area contributed by atoms with Crippen LogP contribution in [0.5, 0.6) is 0 Å². The fourth-order valence-corrected chi connectivity index (χ4v) is 5.64. The van der Waals surface area contributed by atoms with E-state index in [0.29, 0.717) is 19.1 Å². The molecule has 7 nitrogen and oxygen atoms in total. The van der Waals surface area contributed by atoms with Crippen LogP contribution in [0.25, 0.3) is 10.9 Å². The number of aryl methyl sites for hydroxylation is 1. The van der Waals surface area contributed by atoms with E-state index in [1.54, 1.807) is 0 Å². The average Bonchev–Trinajstić information content (AvgIpc) is 3.35. The molecule has 0 saturated heterocycles. The van der Waals surface area contributed by atoms with Gasteiger partial charge in [0.2, 0.25) is 0 Å². The van der Waals surface area contributed by atoms with Gasteiger partial charge in [0.15, 0.2) is 5.82 Å². The van der Waals surface area contributed by atoms with Crippen LogP contribution in [0, 0.1) is 12.8 Å². The number of hydrogen-bond donors (Lipinski definition) is 1. The molecule has 1 atom stereocenters. The molecular weight excluding hydrogens is 448 g/mol. The van der Waals surface area contributed by atoms with Gasteiger partial charge in [-0.1, -0.05) is 75.1 Å². The van der Waals surface area contributed by atoms with E-state index in [2.05, 4.69) is 81.2 Å². The maximum atomic E-state index is 13.2. The maximum Gasteiger partial charge on any atom is 0.252 e. The molecule has 0 unspecified atom stereocenters. The van der Waals surface area contributed by atoms with Gasteiger partial charge < -0.3 is 4.98 Å². The lowest BCUT2D eigenvalue weighted by molar-refractivity contribution is 0.121. The first-order valence-corrected chi connectivity index (χ1v) is 13.2. The van der Waals surface area contributed by atoms with Crippen LogP contribution in [0.3, 0.4) is 0 Å². The van der Waals surface area contributed by atoms with Gasteiger partial charge in [-0.25, -0.2) is 4.68 Å². The summed E-state index contributed by atoms with van der Waals surface area (Å²) in [7, 11) is 0. The van der Waals surface area contributed by atoms with Crippen molar-refractivity contribution < 1.29 is 0 Å². The van der Waals surface area contributed by atoms with Crippen LogP contribution < -0.4 is 5.56 Å². The lowest BCUT2D eigenvalue weighted by atomic mass is 9.94. The van der Waals surface area contributed by atoms with Crippen LogP contribution >= 0.6 is 0 Å². The number of pyridine rings is 1. The molecule has 0 radical (unpaired) electrons. The highest BCUT2D eigenvalue weighted by molar-refractivity contribution is 5.79. The minimum absolute atomic E-state index is 0.0326. The van der Waals surface area contributed by atoms with E-state index in [-0.39, 0.29) is 17.5 Å². The number of nitrogens with zero attached hydrogens (tertiary/aromatic N) is 5. The highest BCUT2D eigenvalue weighted by Gasteiger charge is 2.32. The second-order valence-electron chi connectivity index (χ2n) is 10.6. The summed E-state index contributed by atoms with van der Waals surface area (Å²) in [6.45, 7) is 7.72. The molecule has 188 valence electrons. The van der Waals surface area contributed by atoms with Gasteiger partial charge in [0.25, 0.3) is 5.56 Å². The third-order valence-corrected chi connectivity index (χ3v) is 7.41. The molecule has 2 aromatic heterocycles. The SMILES string of the molecule is Cc1ccc2[nH]c(=O)c(CN(Cc3ccccc3)[C@@H](c3nnnn3C3CCCCC3)C(C)C)cc2c1. The van der Waals surface area contributed by atoms with E-state index >= 15 is 0 Å². The van der Waals surface area contributed by atoms with Crippen molar-refractivity contribution in [3.05, 3.63) is 87.5 Å². The van der Waals surface area contributed by atoms with Gasteiger partial charge in [-0.2, -0.15) is 0 Å². The van der Waals surface area contributed by atoms with Gasteiger partial charge in [0.1, 0.15) is 0 Å². The predicted molar refractivity (Wildman–Crippen MR) is 143 cm³/mol. The molecule has 5 rings (SSSR count). The highest BCUT2D eigenvalue weighted by atomic mass is 16.1. The lowest BCUT2D eigenvalue weighted by Gasteiger charge is -2.35. The third kappa shape index (κ3) is 5.26. The molecule has 4 aromatic rings. The largest absolute Gasteiger partial charge is 0.322 e. The van der Waals surface area contributed by atoms with Crippen LogP contribution in [-0.4, -0.2) is 30.1 Å². The monoisotopic (exact) mass is 484 g/mol. The molecule has 1 N–H and O–H groups in total. The first kappa shape index (κ1) is 24.4. The Morgan fingerprint density at radius 1 is 1.03 bits per heavy atom. The second kappa shape index (κ2) is 10.7. The molecule has 0 aliphatic heterocycles. The Morgan fingerprint density at radius 3 is 2.56 bits per heavy atom. The summed E-state index contributed by atoms with van der Waals surface area (Å²) in [4.78, 5) is 18.6. The number of aromatic amines is 1. The molecule has 1 aliphatic rings. The van der Waals surface area contributed by atoms with Gasteiger partial charge in [-0.3, -0.25) is 9.69 Å². The highest BCUT2D eigenvalue weighted by Crippen LogP contribution is 2.34. The average molecular weight is 485 g/mol. The Kier molecular flexibility index (Phi) is 7.28. The fraction of sp³-hybridized carbons (Fsp3) is 0.448. The van der Waals surface area contributed by atoms with E-state index < -0.39 is 0 Å². The zero-order valence-electron chi connectivity index (χ0n) is 21.5. The van der Waals surface area contributed by atoms with Crippen molar-refractivity contribution in [1.82, 2.24) is 30.1 Å². The van der Waals surface area contributed by atoms with Crippen LogP contribution in [0.4, 0.5) is 0 Å². The van der Waals surface area contributed by atoms with E-state index in [1.807, 2.05) is 24.3 Å². The molecule has 0 bridgehead atoms. The molecule has 0 spiro atoms. The number of nitrogens with one attached hydrogen (secondary N) is 1. The molecule has 0 amide bonds. The van der Waals surface area contributed by atoms with E-state index in [4.69, 9.17) is 0 Å². The number of hydrogen-bond acceptors (Lipinski definition) is 5. The third-order valence-electron chi connectivity index (χ3n) is 7.41. The predicted octanol–water partition coefficient (Wildman–Crippen LogP) is 5.73.